The van der Waals surface area contributed by atoms with Gasteiger partial charge >= 0.3 is 17.1 Å². The minimum atomic E-state index is -0.401. The summed E-state index contributed by atoms with van der Waals surface area (Å²) in [6.45, 7) is 0. The van der Waals surface area contributed by atoms with E-state index in [-0.39, 0.29) is 11.4 Å². The average Bonchev–Trinajstić information content (AvgIpc) is 2.56. The number of rotatable bonds is 0. The van der Waals surface area contributed by atoms with Gasteiger partial charge < -0.3 is 4.42 Å². The van der Waals surface area contributed by atoms with E-state index in [0.717, 1.165) is 20.7 Å². The molecule has 0 unspecified atom stereocenters. The summed E-state index contributed by atoms with van der Waals surface area (Å²) in [6, 6.07) is 13.5. The Morgan fingerprint density at radius 2 is 1.82 bits per heavy atom. The molecule has 0 bridgehead atoms. The van der Waals surface area contributed by atoms with Crippen molar-refractivity contribution in [3.63, 3.8) is 0 Å². The maximum absolute atomic E-state index is 12.4. The van der Waals surface area contributed by atoms with Crippen molar-refractivity contribution in [3.05, 3.63) is 63.3 Å². The fourth-order valence-electron chi connectivity index (χ4n) is 2.86. The standard InChI is InChI=1S/C17H13N2O3/c1-18-15(20)13-9-12-11-6-4-3-5-10(11)7-8-14(12)22-16(13)19(2)17(18)21/h3-9H,1-2H3/q+1. The summed E-state index contributed by atoms with van der Waals surface area (Å²) in [5, 5.41) is 2.95. The smallest absolute Gasteiger partial charge is 0.422 e. The van der Waals surface area contributed by atoms with E-state index in [1.54, 1.807) is 13.1 Å². The Labute approximate surface area is 125 Å². The van der Waals surface area contributed by atoms with Crippen LogP contribution in [0.15, 0.2) is 56.5 Å². The van der Waals surface area contributed by atoms with Crippen molar-refractivity contribution in [2.24, 2.45) is 14.1 Å². The Morgan fingerprint density at radius 3 is 2.64 bits per heavy atom. The van der Waals surface area contributed by atoms with Crippen molar-refractivity contribution < 1.29 is 8.98 Å². The molecule has 0 aliphatic carbocycles. The first kappa shape index (κ1) is 12.8. The molecule has 0 saturated heterocycles. The number of fused-ring (bicyclic) bond motifs is 4. The van der Waals surface area contributed by atoms with Crippen LogP contribution in [0.2, 0.25) is 0 Å². The quantitative estimate of drug-likeness (QED) is 0.281. The number of hydrogen-bond donors (Lipinski definition) is 0. The lowest BCUT2D eigenvalue weighted by molar-refractivity contribution is -0.688. The molecule has 2 aliphatic heterocycles. The molecule has 0 atom stereocenters. The van der Waals surface area contributed by atoms with E-state index in [1.165, 1.54) is 11.6 Å². The van der Waals surface area contributed by atoms with Crippen LogP contribution in [-0.4, -0.2) is 4.57 Å². The summed E-state index contributed by atoms with van der Waals surface area (Å²) in [5.74, 6) is 0.288. The molecule has 5 heteroatoms. The second kappa shape index (κ2) is 4.27. The number of benzene rings is 2. The second-order valence-corrected chi connectivity index (χ2v) is 5.37. The van der Waals surface area contributed by atoms with Crippen molar-refractivity contribution >= 4 is 21.7 Å². The van der Waals surface area contributed by atoms with Crippen LogP contribution in [0.5, 0.6) is 0 Å². The summed E-state index contributed by atoms with van der Waals surface area (Å²) in [5.41, 5.74) is 0.293. The van der Waals surface area contributed by atoms with Crippen LogP contribution in [0.4, 0.5) is 0 Å². The Hall–Kier alpha value is -2.95. The van der Waals surface area contributed by atoms with Gasteiger partial charge in [-0.2, -0.15) is 13.9 Å². The van der Waals surface area contributed by atoms with Crippen molar-refractivity contribution in [1.29, 1.82) is 0 Å². The molecule has 4 rings (SSSR count). The van der Waals surface area contributed by atoms with E-state index in [9.17, 15) is 9.59 Å². The molecule has 2 heterocycles. The van der Waals surface area contributed by atoms with Gasteiger partial charge in [0.2, 0.25) is 0 Å². The number of nitrogens with zero attached hydrogens (tertiary/aromatic N) is 2. The maximum Gasteiger partial charge on any atom is 0.503 e. The van der Waals surface area contributed by atoms with Gasteiger partial charge in [-0.1, -0.05) is 30.3 Å². The van der Waals surface area contributed by atoms with Crippen molar-refractivity contribution in [2.45, 2.75) is 0 Å². The fraction of sp³-hybridized carbons (Fsp3) is 0.118. The van der Waals surface area contributed by atoms with E-state index in [2.05, 4.69) is 0 Å². The summed E-state index contributed by atoms with van der Waals surface area (Å²) in [4.78, 5) is 24.4. The van der Waals surface area contributed by atoms with Gasteiger partial charge in [0.1, 0.15) is 5.58 Å². The second-order valence-electron chi connectivity index (χ2n) is 5.37. The molecule has 0 N–H and O–H groups in total. The van der Waals surface area contributed by atoms with Crippen LogP contribution in [0, 0.1) is 0 Å². The highest BCUT2D eigenvalue weighted by atomic mass is 16.3. The van der Waals surface area contributed by atoms with Gasteiger partial charge in [0.15, 0.2) is 5.56 Å². The first-order valence-electron chi connectivity index (χ1n) is 6.92. The van der Waals surface area contributed by atoms with Crippen LogP contribution in [-0.2, 0) is 14.1 Å². The third kappa shape index (κ3) is 1.56. The first-order chi connectivity index (χ1) is 10.6. The highest BCUT2D eigenvalue weighted by Gasteiger charge is 2.25. The Balaban J connectivity index is 2.31. The normalized spacial score (nSPS) is 11.5. The Morgan fingerprint density at radius 1 is 1.05 bits per heavy atom. The number of aromatic nitrogens is 2. The van der Waals surface area contributed by atoms with E-state index < -0.39 is 5.69 Å². The lowest BCUT2D eigenvalue weighted by Crippen LogP contribution is -2.57. The van der Waals surface area contributed by atoms with Gasteiger partial charge in [-0.05, 0) is 22.9 Å². The summed E-state index contributed by atoms with van der Waals surface area (Å²) >= 11 is 0. The predicted octanol–water partition coefficient (Wildman–Crippen LogP) is 1.57. The lowest BCUT2D eigenvalue weighted by atomic mass is 10.0. The van der Waals surface area contributed by atoms with Crippen molar-refractivity contribution in [1.82, 2.24) is 4.57 Å². The molecule has 108 valence electrons. The van der Waals surface area contributed by atoms with Crippen molar-refractivity contribution in [2.75, 3.05) is 0 Å². The SMILES string of the molecule is Cn1c(=O)c2cc3c(ccc4ccccc43)oc-2[n+](C)c1=O. The zero-order valence-electron chi connectivity index (χ0n) is 12.2. The molecule has 22 heavy (non-hydrogen) atoms. The zero-order valence-corrected chi connectivity index (χ0v) is 12.2. The monoisotopic (exact) mass is 293 g/mol. The highest BCUT2D eigenvalue weighted by Crippen LogP contribution is 2.29. The van der Waals surface area contributed by atoms with Gasteiger partial charge in [-0.25, -0.2) is 4.79 Å². The van der Waals surface area contributed by atoms with Gasteiger partial charge in [-0.15, -0.1) is 0 Å². The molecular weight excluding hydrogens is 280 g/mol. The third-order valence-electron chi connectivity index (χ3n) is 4.07. The van der Waals surface area contributed by atoms with E-state index >= 15 is 0 Å². The first-order valence-corrected chi connectivity index (χ1v) is 6.92. The van der Waals surface area contributed by atoms with Crippen LogP contribution in [0.25, 0.3) is 33.2 Å². The lowest BCUT2D eigenvalue weighted by Gasteiger charge is -2.08. The molecule has 0 radical (unpaired) electrons. The van der Waals surface area contributed by atoms with Crippen LogP contribution in [0.1, 0.15) is 0 Å². The summed E-state index contributed by atoms with van der Waals surface area (Å²) in [7, 11) is 3.07. The largest absolute Gasteiger partial charge is 0.503 e. The topological polar surface area (TPSA) is 56.1 Å². The molecule has 0 aromatic heterocycles. The van der Waals surface area contributed by atoms with E-state index in [4.69, 9.17) is 4.42 Å². The minimum absolute atomic E-state index is 0.288. The van der Waals surface area contributed by atoms with E-state index in [1.807, 2.05) is 36.4 Å². The Kier molecular flexibility index (Phi) is 2.48. The molecule has 2 aromatic carbocycles. The van der Waals surface area contributed by atoms with Crippen molar-refractivity contribution in [3.8, 4) is 11.5 Å². The zero-order chi connectivity index (χ0) is 15.4. The summed E-state index contributed by atoms with van der Waals surface area (Å²) < 4.78 is 8.30. The van der Waals surface area contributed by atoms with E-state index in [0.29, 0.717) is 11.1 Å². The minimum Gasteiger partial charge on any atom is -0.422 e. The van der Waals surface area contributed by atoms with Gasteiger partial charge in [0.05, 0.1) is 14.1 Å². The maximum atomic E-state index is 12.4. The molecule has 2 aromatic rings. The van der Waals surface area contributed by atoms with Crippen LogP contribution >= 0.6 is 0 Å². The fourth-order valence-corrected chi connectivity index (χ4v) is 2.86. The number of hydrogen-bond acceptors (Lipinski definition) is 3. The average molecular weight is 293 g/mol. The van der Waals surface area contributed by atoms with Gasteiger partial charge in [0.25, 0.3) is 0 Å². The molecule has 0 fully saturated rings. The summed E-state index contributed by atoms with van der Waals surface area (Å²) in [6.07, 6.45) is 0. The van der Waals surface area contributed by atoms with Gasteiger partial charge in [-0.3, -0.25) is 0 Å². The molecule has 0 amide bonds. The molecule has 2 aliphatic rings. The van der Waals surface area contributed by atoms with Crippen LogP contribution in [0.3, 0.4) is 0 Å². The third-order valence-corrected chi connectivity index (χ3v) is 4.07. The van der Waals surface area contributed by atoms with Crippen LogP contribution < -0.4 is 15.8 Å². The molecule has 0 saturated carbocycles. The Bertz CT molecular complexity index is 1140. The molecule has 5 nitrogen and oxygen atoms in total. The molecule has 0 spiro atoms. The highest BCUT2D eigenvalue weighted by molar-refractivity contribution is 6.06. The predicted molar refractivity (Wildman–Crippen MR) is 83.0 cm³/mol. The molecular formula is C17H13N2O3+. The van der Waals surface area contributed by atoms with Gasteiger partial charge in [0, 0.05) is 5.39 Å².